The Morgan fingerprint density at radius 1 is 1.22 bits per heavy atom. The Kier molecular flexibility index (Phi) is 3.16. The number of piperidine rings is 1. The predicted molar refractivity (Wildman–Crippen MR) is 75.7 cm³/mol. The van der Waals surface area contributed by atoms with Crippen LogP contribution in [-0.2, 0) is 5.41 Å². The zero-order chi connectivity index (χ0) is 12.6. The quantitative estimate of drug-likeness (QED) is 0.885. The molecule has 0 radical (unpaired) electrons. The normalized spacial score (nSPS) is 24.1. The molecule has 0 aromatic heterocycles. The summed E-state index contributed by atoms with van der Waals surface area (Å²) in [5.41, 5.74) is 9.28. The molecule has 98 valence electrons. The maximum absolute atomic E-state index is 6.16. The highest BCUT2D eigenvalue weighted by molar-refractivity contribution is 5.34. The van der Waals surface area contributed by atoms with Gasteiger partial charge in [-0.05, 0) is 56.8 Å². The van der Waals surface area contributed by atoms with Gasteiger partial charge in [0.1, 0.15) is 0 Å². The zero-order valence-electron chi connectivity index (χ0n) is 11.4. The largest absolute Gasteiger partial charge is 0.330 e. The first-order valence-electron chi connectivity index (χ1n) is 7.25. The Morgan fingerprint density at radius 3 is 2.44 bits per heavy atom. The first-order chi connectivity index (χ1) is 8.75. The van der Waals surface area contributed by atoms with Gasteiger partial charge in [-0.3, -0.25) is 0 Å². The maximum atomic E-state index is 6.16. The first kappa shape index (κ1) is 12.2. The molecule has 0 unspecified atom stereocenters. The molecular formula is C16H24N2. The van der Waals surface area contributed by atoms with Crippen LogP contribution in [0.2, 0.25) is 0 Å². The molecule has 0 spiro atoms. The SMILES string of the molecule is Cc1ccccc1C1(CN)CCN(C2CC2)CC1. The predicted octanol–water partition coefficient (Wildman–Crippen LogP) is 2.45. The van der Waals surface area contributed by atoms with Crippen LogP contribution >= 0.6 is 0 Å². The molecule has 1 aromatic carbocycles. The van der Waals surface area contributed by atoms with Crippen molar-refractivity contribution in [1.82, 2.24) is 4.90 Å². The van der Waals surface area contributed by atoms with Crippen molar-refractivity contribution in [3.63, 3.8) is 0 Å². The number of hydrogen-bond donors (Lipinski definition) is 1. The lowest BCUT2D eigenvalue weighted by atomic mass is 9.71. The van der Waals surface area contributed by atoms with Gasteiger partial charge in [0.2, 0.25) is 0 Å². The second-order valence-corrected chi connectivity index (χ2v) is 6.07. The number of rotatable bonds is 3. The third-order valence-corrected chi connectivity index (χ3v) is 4.93. The molecule has 2 nitrogen and oxygen atoms in total. The minimum Gasteiger partial charge on any atom is -0.330 e. The molecule has 1 aliphatic heterocycles. The lowest BCUT2D eigenvalue weighted by molar-refractivity contribution is 0.155. The Hall–Kier alpha value is -0.860. The summed E-state index contributed by atoms with van der Waals surface area (Å²) in [6, 6.07) is 9.70. The Balaban J connectivity index is 1.81. The van der Waals surface area contributed by atoms with E-state index < -0.39 is 0 Å². The van der Waals surface area contributed by atoms with Crippen LogP contribution in [0.25, 0.3) is 0 Å². The van der Waals surface area contributed by atoms with Crippen molar-refractivity contribution in [1.29, 1.82) is 0 Å². The number of aryl methyl sites for hydroxylation is 1. The van der Waals surface area contributed by atoms with Gasteiger partial charge in [0.15, 0.2) is 0 Å². The van der Waals surface area contributed by atoms with Crippen LogP contribution in [0.1, 0.15) is 36.8 Å². The van der Waals surface area contributed by atoms with Crippen molar-refractivity contribution in [3.05, 3.63) is 35.4 Å². The van der Waals surface area contributed by atoms with E-state index in [1.807, 2.05) is 0 Å². The fraction of sp³-hybridized carbons (Fsp3) is 0.625. The van der Waals surface area contributed by atoms with Gasteiger partial charge < -0.3 is 10.6 Å². The zero-order valence-corrected chi connectivity index (χ0v) is 11.4. The van der Waals surface area contributed by atoms with Crippen molar-refractivity contribution in [2.24, 2.45) is 5.73 Å². The fourth-order valence-electron chi connectivity index (χ4n) is 3.51. The average Bonchev–Trinajstić information content (AvgIpc) is 3.24. The molecule has 1 aliphatic carbocycles. The average molecular weight is 244 g/mol. The first-order valence-corrected chi connectivity index (χ1v) is 7.25. The second-order valence-electron chi connectivity index (χ2n) is 6.07. The Morgan fingerprint density at radius 2 is 1.89 bits per heavy atom. The third kappa shape index (κ3) is 2.08. The summed E-state index contributed by atoms with van der Waals surface area (Å²) in [6.45, 7) is 5.47. The summed E-state index contributed by atoms with van der Waals surface area (Å²) >= 11 is 0. The molecule has 18 heavy (non-hydrogen) atoms. The standard InChI is InChI=1S/C16H24N2/c1-13-4-2-3-5-15(13)16(12-17)8-10-18(11-9-16)14-6-7-14/h2-5,14H,6-12,17H2,1H3. The van der Waals surface area contributed by atoms with E-state index in [9.17, 15) is 0 Å². The highest BCUT2D eigenvalue weighted by Crippen LogP contribution is 2.39. The van der Waals surface area contributed by atoms with E-state index in [1.165, 1.54) is 49.9 Å². The molecule has 1 saturated carbocycles. The molecule has 0 atom stereocenters. The molecule has 0 amide bonds. The van der Waals surface area contributed by atoms with Crippen molar-refractivity contribution < 1.29 is 0 Å². The molecule has 3 rings (SSSR count). The van der Waals surface area contributed by atoms with Crippen molar-refractivity contribution >= 4 is 0 Å². The molecule has 2 N–H and O–H groups in total. The monoisotopic (exact) mass is 244 g/mol. The summed E-state index contributed by atoms with van der Waals surface area (Å²) in [4.78, 5) is 2.67. The van der Waals surface area contributed by atoms with Gasteiger partial charge in [-0.15, -0.1) is 0 Å². The maximum Gasteiger partial charge on any atom is 0.0102 e. The van der Waals surface area contributed by atoms with Crippen LogP contribution in [0.5, 0.6) is 0 Å². The summed E-state index contributed by atoms with van der Waals surface area (Å²) in [5, 5.41) is 0. The molecule has 2 aliphatic rings. The lowest BCUT2D eigenvalue weighted by Crippen LogP contribution is -2.47. The molecule has 2 fully saturated rings. The smallest absolute Gasteiger partial charge is 0.0102 e. The van der Waals surface area contributed by atoms with E-state index in [0.29, 0.717) is 0 Å². The van der Waals surface area contributed by atoms with Crippen molar-refractivity contribution in [2.75, 3.05) is 19.6 Å². The van der Waals surface area contributed by atoms with Crippen LogP contribution in [0.4, 0.5) is 0 Å². The summed E-state index contributed by atoms with van der Waals surface area (Å²) in [7, 11) is 0. The van der Waals surface area contributed by atoms with Crippen LogP contribution in [0.3, 0.4) is 0 Å². The highest BCUT2D eigenvalue weighted by atomic mass is 15.2. The number of nitrogens with zero attached hydrogens (tertiary/aromatic N) is 1. The van der Waals surface area contributed by atoms with Gasteiger partial charge in [0.05, 0.1) is 0 Å². The lowest BCUT2D eigenvalue weighted by Gasteiger charge is -2.42. The summed E-state index contributed by atoms with van der Waals surface area (Å²) in [6.07, 6.45) is 5.29. The van der Waals surface area contributed by atoms with Crippen molar-refractivity contribution in [2.45, 2.75) is 44.1 Å². The van der Waals surface area contributed by atoms with Crippen LogP contribution in [0.15, 0.2) is 24.3 Å². The van der Waals surface area contributed by atoms with Gasteiger partial charge in [-0.25, -0.2) is 0 Å². The number of hydrogen-bond acceptors (Lipinski definition) is 2. The van der Waals surface area contributed by atoms with Gasteiger partial charge in [0.25, 0.3) is 0 Å². The van der Waals surface area contributed by atoms with E-state index in [1.54, 1.807) is 0 Å². The van der Waals surface area contributed by atoms with Crippen LogP contribution in [-0.4, -0.2) is 30.6 Å². The van der Waals surface area contributed by atoms with E-state index in [4.69, 9.17) is 5.73 Å². The Labute approximate surface area is 110 Å². The molecular weight excluding hydrogens is 220 g/mol. The minimum atomic E-state index is 0.233. The second kappa shape index (κ2) is 4.67. The van der Waals surface area contributed by atoms with Gasteiger partial charge in [-0.1, -0.05) is 24.3 Å². The van der Waals surface area contributed by atoms with Gasteiger partial charge in [-0.2, -0.15) is 0 Å². The number of nitrogens with two attached hydrogens (primary N) is 1. The van der Waals surface area contributed by atoms with E-state index in [2.05, 4.69) is 36.1 Å². The van der Waals surface area contributed by atoms with Crippen LogP contribution < -0.4 is 5.73 Å². The highest BCUT2D eigenvalue weighted by Gasteiger charge is 2.39. The molecule has 0 bridgehead atoms. The van der Waals surface area contributed by atoms with Gasteiger partial charge >= 0.3 is 0 Å². The topological polar surface area (TPSA) is 29.3 Å². The molecule has 1 heterocycles. The molecule has 1 saturated heterocycles. The third-order valence-electron chi connectivity index (χ3n) is 4.93. The number of benzene rings is 1. The Bertz CT molecular complexity index is 415. The van der Waals surface area contributed by atoms with Crippen LogP contribution in [0, 0.1) is 6.92 Å². The van der Waals surface area contributed by atoms with E-state index in [0.717, 1.165) is 12.6 Å². The summed E-state index contributed by atoms with van der Waals surface area (Å²) < 4.78 is 0. The molecule has 2 heteroatoms. The summed E-state index contributed by atoms with van der Waals surface area (Å²) in [5.74, 6) is 0. The van der Waals surface area contributed by atoms with Crippen molar-refractivity contribution in [3.8, 4) is 0 Å². The number of likely N-dealkylation sites (tertiary alicyclic amines) is 1. The minimum absolute atomic E-state index is 0.233. The van der Waals surface area contributed by atoms with E-state index in [-0.39, 0.29) is 5.41 Å². The molecule has 1 aromatic rings. The van der Waals surface area contributed by atoms with Gasteiger partial charge in [0, 0.05) is 18.0 Å². The van der Waals surface area contributed by atoms with E-state index >= 15 is 0 Å². The fourth-order valence-corrected chi connectivity index (χ4v) is 3.51.